The predicted octanol–water partition coefficient (Wildman–Crippen LogP) is 0.629. The molecular formula is C9H16ClNO4S. The summed E-state index contributed by atoms with van der Waals surface area (Å²) in [5.74, 6) is -1.37. The molecule has 1 aliphatic carbocycles. The third-order valence-electron chi connectivity index (χ3n) is 2.38. The first-order valence-electron chi connectivity index (χ1n) is 5.24. The summed E-state index contributed by atoms with van der Waals surface area (Å²) in [5, 5.41) is -0.183. The van der Waals surface area contributed by atoms with Crippen LogP contribution in [0.1, 0.15) is 26.2 Å². The molecule has 0 spiro atoms. The minimum absolute atomic E-state index is 0.177. The fourth-order valence-corrected chi connectivity index (χ4v) is 3.32. The second-order valence-corrected chi connectivity index (χ2v) is 6.05. The maximum absolute atomic E-state index is 11.5. The van der Waals surface area contributed by atoms with Crippen LogP contribution in [0.4, 0.5) is 0 Å². The molecule has 7 heteroatoms. The molecule has 0 aromatic heterocycles. The van der Waals surface area contributed by atoms with Crippen LogP contribution < -0.4 is 4.72 Å². The smallest absolute Gasteiger partial charge is 0.322 e. The Bertz CT molecular complexity index is 343. The molecule has 16 heavy (non-hydrogen) atoms. The van der Waals surface area contributed by atoms with Crippen LogP contribution in [0.25, 0.3) is 0 Å². The number of carbonyl (C=O) groups is 1. The van der Waals surface area contributed by atoms with Crippen LogP contribution >= 0.6 is 11.6 Å². The number of nitrogens with one attached hydrogen (secondary N) is 1. The molecule has 0 aliphatic heterocycles. The van der Waals surface area contributed by atoms with Crippen molar-refractivity contribution in [1.29, 1.82) is 0 Å². The largest absolute Gasteiger partial charge is 0.465 e. The molecule has 2 unspecified atom stereocenters. The van der Waals surface area contributed by atoms with E-state index in [9.17, 15) is 13.2 Å². The van der Waals surface area contributed by atoms with Crippen molar-refractivity contribution in [2.24, 2.45) is 0 Å². The maximum Gasteiger partial charge on any atom is 0.322 e. The van der Waals surface area contributed by atoms with E-state index >= 15 is 0 Å². The van der Waals surface area contributed by atoms with E-state index in [1.807, 2.05) is 0 Å². The highest BCUT2D eigenvalue weighted by molar-refractivity contribution is 7.90. The third-order valence-corrected chi connectivity index (χ3v) is 4.18. The van der Waals surface area contributed by atoms with Gasteiger partial charge in [0, 0.05) is 11.4 Å². The van der Waals surface area contributed by atoms with E-state index in [1.165, 1.54) is 0 Å². The molecule has 0 amide bonds. The van der Waals surface area contributed by atoms with Gasteiger partial charge in [-0.25, -0.2) is 13.1 Å². The average Bonchev–Trinajstić information content (AvgIpc) is 2.50. The quantitative estimate of drug-likeness (QED) is 0.587. The summed E-state index contributed by atoms with van der Waals surface area (Å²) >= 11 is 5.94. The van der Waals surface area contributed by atoms with E-state index < -0.39 is 21.7 Å². The van der Waals surface area contributed by atoms with Gasteiger partial charge in [0.1, 0.15) is 0 Å². The van der Waals surface area contributed by atoms with Gasteiger partial charge >= 0.3 is 5.97 Å². The first kappa shape index (κ1) is 13.7. The van der Waals surface area contributed by atoms with Crippen molar-refractivity contribution in [2.75, 3.05) is 12.4 Å². The van der Waals surface area contributed by atoms with Crippen molar-refractivity contribution in [3.8, 4) is 0 Å². The molecule has 1 rings (SSSR count). The molecule has 1 N–H and O–H groups in total. The van der Waals surface area contributed by atoms with Gasteiger partial charge in [0.05, 0.1) is 6.61 Å². The molecule has 0 bridgehead atoms. The normalized spacial score (nSPS) is 25.6. The van der Waals surface area contributed by atoms with Gasteiger partial charge in [-0.2, -0.15) is 0 Å². The number of alkyl halides is 1. The Morgan fingerprint density at radius 3 is 2.69 bits per heavy atom. The lowest BCUT2D eigenvalue weighted by Crippen LogP contribution is -2.40. The summed E-state index contributed by atoms with van der Waals surface area (Å²) in [6.45, 7) is 1.81. The summed E-state index contributed by atoms with van der Waals surface area (Å²) in [4.78, 5) is 11.0. The molecular weight excluding hydrogens is 254 g/mol. The van der Waals surface area contributed by atoms with Gasteiger partial charge in [0.2, 0.25) is 10.0 Å². The number of sulfonamides is 1. The monoisotopic (exact) mass is 269 g/mol. The lowest BCUT2D eigenvalue weighted by atomic mass is 10.3. The second kappa shape index (κ2) is 5.84. The highest BCUT2D eigenvalue weighted by Crippen LogP contribution is 2.24. The average molecular weight is 270 g/mol. The van der Waals surface area contributed by atoms with Gasteiger partial charge in [-0.15, -0.1) is 11.6 Å². The van der Waals surface area contributed by atoms with Crippen molar-refractivity contribution < 1.29 is 17.9 Å². The lowest BCUT2D eigenvalue weighted by Gasteiger charge is -2.15. The van der Waals surface area contributed by atoms with Gasteiger partial charge in [0.15, 0.2) is 5.75 Å². The van der Waals surface area contributed by atoms with Gasteiger partial charge in [-0.1, -0.05) is 6.42 Å². The first-order valence-corrected chi connectivity index (χ1v) is 7.33. The Kier molecular flexibility index (Phi) is 5.01. The Morgan fingerprint density at radius 2 is 2.19 bits per heavy atom. The van der Waals surface area contributed by atoms with Crippen LogP contribution in [0.3, 0.4) is 0 Å². The van der Waals surface area contributed by atoms with E-state index in [-0.39, 0.29) is 18.0 Å². The highest BCUT2D eigenvalue weighted by atomic mass is 35.5. The summed E-state index contributed by atoms with van der Waals surface area (Å²) in [5.41, 5.74) is 0. The van der Waals surface area contributed by atoms with Crippen molar-refractivity contribution in [3.05, 3.63) is 0 Å². The van der Waals surface area contributed by atoms with E-state index in [0.717, 1.165) is 19.3 Å². The van der Waals surface area contributed by atoms with Crippen molar-refractivity contribution in [2.45, 2.75) is 37.6 Å². The van der Waals surface area contributed by atoms with E-state index in [4.69, 9.17) is 11.6 Å². The number of esters is 1. The number of carbonyl (C=O) groups excluding carboxylic acids is 1. The van der Waals surface area contributed by atoms with E-state index in [1.54, 1.807) is 6.92 Å². The first-order chi connectivity index (χ1) is 7.44. The van der Waals surface area contributed by atoms with Gasteiger partial charge < -0.3 is 4.74 Å². The zero-order chi connectivity index (χ0) is 12.2. The van der Waals surface area contributed by atoms with Crippen molar-refractivity contribution in [3.63, 3.8) is 0 Å². The second-order valence-electron chi connectivity index (χ2n) is 3.74. The van der Waals surface area contributed by atoms with E-state index in [2.05, 4.69) is 9.46 Å². The molecule has 0 radical (unpaired) electrons. The van der Waals surface area contributed by atoms with Gasteiger partial charge in [-0.05, 0) is 19.8 Å². The van der Waals surface area contributed by atoms with Gasteiger partial charge in [0.25, 0.3) is 0 Å². The Labute approximate surface area is 101 Å². The summed E-state index contributed by atoms with van der Waals surface area (Å²) in [7, 11) is -3.63. The number of hydrogen-bond donors (Lipinski definition) is 1. The lowest BCUT2D eigenvalue weighted by molar-refractivity contribution is -0.139. The Hall–Kier alpha value is -0.330. The fraction of sp³-hybridized carbons (Fsp3) is 0.889. The van der Waals surface area contributed by atoms with Crippen molar-refractivity contribution >= 4 is 27.6 Å². The summed E-state index contributed by atoms with van der Waals surface area (Å²) < 4.78 is 30.1. The van der Waals surface area contributed by atoms with Crippen LogP contribution in [-0.2, 0) is 19.6 Å². The SMILES string of the molecule is CCOC(=O)CS(=O)(=O)NC1CCCC1Cl. The van der Waals surface area contributed by atoms with Crippen LogP contribution in [0, 0.1) is 0 Å². The standard InChI is InChI=1S/C9H16ClNO4S/c1-2-15-9(12)6-16(13,14)11-8-5-3-4-7(8)10/h7-8,11H,2-6H2,1H3. The molecule has 0 aromatic rings. The maximum atomic E-state index is 11.5. The molecule has 5 nitrogen and oxygen atoms in total. The Morgan fingerprint density at radius 1 is 1.50 bits per heavy atom. The van der Waals surface area contributed by atoms with Crippen LogP contribution in [0.15, 0.2) is 0 Å². The Balaban J connectivity index is 2.48. The fourth-order valence-electron chi connectivity index (χ4n) is 1.68. The molecule has 1 fully saturated rings. The topological polar surface area (TPSA) is 72.5 Å². The number of halogens is 1. The number of rotatable bonds is 5. The summed E-state index contributed by atoms with van der Waals surface area (Å²) in [6.07, 6.45) is 2.42. The number of ether oxygens (including phenoxy) is 1. The minimum atomic E-state index is -3.63. The van der Waals surface area contributed by atoms with Crippen LogP contribution in [-0.4, -0.2) is 38.2 Å². The predicted molar refractivity (Wildman–Crippen MR) is 60.8 cm³/mol. The van der Waals surface area contributed by atoms with Gasteiger partial charge in [-0.3, -0.25) is 4.79 Å². The molecule has 94 valence electrons. The minimum Gasteiger partial charge on any atom is -0.465 e. The highest BCUT2D eigenvalue weighted by Gasteiger charge is 2.30. The molecule has 0 aromatic carbocycles. The van der Waals surface area contributed by atoms with Crippen LogP contribution in [0.2, 0.25) is 0 Å². The zero-order valence-electron chi connectivity index (χ0n) is 9.11. The molecule has 1 saturated carbocycles. The molecule has 0 heterocycles. The molecule has 2 atom stereocenters. The zero-order valence-corrected chi connectivity index (χ0v) is 10.7. The third kappa shape index (κ3) is 4.27. The number of hydrogen-bond acceptors (Lipinski definition) is 4. The van der Waals surface area contributed by atoms with E-state index in [0.29, 0.717) is 0 Å². The molecule has 0 saturated heterocycles. The molecule has 1 aliphatic rings. The summed E-state index contributed by atoms with van der Waals surface area (Å²) in [6, 6.07) is -0.263. The van der Waals surface area contributed by atoms with Crippen molar-refractivity contribution in [1.82, 2.24) is 4.72 Å². The van der Waals surface area contributed by atoms with Crippen LogP contribution in [0.5, 0.6) is 0 Å².